The first-order chi connectivity index (χ1) is 22.6. The van der Waals surface area contributed by atoms with Crippen LogP contribution in [0.1, 0.15) is 50.1 Å². The Bertz CT molecular complexity index is 2290. The summed E-state index contributed by atoms with van der Waals surface area (Å²) < 4.78 is 4.90. The molecule has 0 saturated carbocycles. The number of rotatable bonds is 4. The summed E-state index contributed by atoms with van der Waals surface area (Å²) in [4.78, 5) is 11.1. The van der Waals surface area contributed by atoms with Crippen LogP contribution in [0.4, 0.5) is 5.82 Å². The van der Waals surface area contributed by atoms with Crippen molar-refractivity contribution in [2.24, 2.45) is 0 Å². The van der Waals surface area contributed by atoms with Crippen LogP contribution in [-0.4, -0.2) is 21.5 Å². The fourth-order valence-electron chi connectivity index (χ4n) is 7.64. The van der Waals surface area contributed by atoms with Crippen LogP contribution in [0.5, 0.6) is 0 Å². The van der Waals surface area contributed by atoms with Crippen LogP contribution in [0.15, 0.2) is 73.5 Å². The van der Waals surface area contributed by atoms with Crippen LogP contribution in [-0.2, 0) is 25.9 Å². The number of aryl methyl sites for hydroxylation is 2. The van der Waals surface area contributed by atoms with Gasteiger partial charge in [-0.1, -0.05) is 36.5 Å². The maximum atomic E-state index is 4.46. The van der Waals surface area contributed by atoms with E-state index in [-0.39, 0.29) is 0 Å². The van der Waals surface area contributed by atoms with Crippen LogP contribution < -0.4 is 14.5 Å². The minimum Gasteiger partial charge on any atom is -0.368 e. The van der Waals surface area contributed by atoms with Gasteiger partial charge in [-0.2, -0.15) is 9.13 Å². The van der Waals surface area contributed by atoms with Gasteiger partial charge in [-0.25, -0.2) is 4.98 Å². The number of fused-ring (bicyclic) bond motifs is 9. The van der Waals surface area contributed by atoms with E-state index in [0.717, 1.165) is 54.9 Å². The lowest BCUT2D eigenvalue weighted by atomic mass is 9.79. The van der Waals surface area contributed by atoms with Crippen molar-refractivity contribution in [3.63, 3.8) is 0 Å². The number of hydrogen-bond donors (Lipinski definition) is 3. The zero-order valence-corrected chi connectivity index (χ0v) is 26.2. The summed E-state index contributed by atoms with van der Waals surface area (Å²) in [7, 11) is 0. The first-order valence-electron chi connectivity index (χ1n) is 16.2. The highest BCUT2D eigenvalue weighted by Crippen LogP contribution is 2.43. The van der Waals surface area contributed by atoms with E-state index >= 15 is 0 Å². The van der Waals surface area contributed by atoms with E-state index in [1.165, 1.54) is 67.0 Å². The van der Waals surface area contributed by atoms with Gasteiger partial charge < -0.3 is 15.3 Å². The monoisotopic (exact) mass is 600 g/mol. The van der Waals surface area contributed by atoms with Gasteiger partial charge in [0.25, 0.3) is 0 Å². The molecule has 8 heterocycles. The Morgan fingerprint density at radius 1 is 0.761 bits per heavy atom. The molecular formula is C40H36N6+2. The second-order valence-corrected chi connectivity index (χ2v) is 12.7. The Morgan fingerprint density at radius 3 is 2.11 bits per heavy atom. The average molecular weight is 601 g/mol. The molecule has 0 spiro atoms. The molecule has 1 aromatic carbocycles. The van der Waals surface area contributed by atoms with Gasteiger partial charge in [-0.3, -0.25) is 0 Å². The number of aromatic amines is 2. The van der Waals surface area contributed by atoms with Gasteiger partial charge in [0.1, 0.15) is 11.5 Å². The summed E-state index contributed by atoms with van der Waals surface area (Å²) >= 11 is 0. The Labute approximate surface area is 268 Å². The van der Waals surface area contributed by atoms with Crippen molar-refractivity contribution < 1.29 is 9.13 Å². The Kier molecular flexibility index (Phi) is 6.17. The van der Waals surface area contributed by atoms with Crippen molar-refractivity contribution in [1.82, 2.24) is 15.0 Å². The molecule has 3 aliphatic rings. The second-order valence-electron chi connectivity index (χ2n) is 12.7. The van der Waals surface area contributed by atoms with E-state index in [9.17, 15) is 0 Å². The Morgan fingerprint density at radius 2 is 1.41 bits per heavy atom. The molecule has 3 aliphatic heterocycles. The summed E-state index contributed by atoms with van der Waals surface area (Å²) in [6.07, 6.45) is 25.9. The number of benzene rings is 1. The van der Waals surface area contributed by atoms with Crippen LogP contribution >= 0.6 is 0 Å². The number of pyridine rings is 3. The zero-order chi connectivity index (χ0) is 30.8. The van der Waals surface area contributed by atoms with Gasteiger partial charge in [0.05, 0.1) is 11.1 Å². The predicted octanol–water partition coefficient (Wildman–Crippen LogP) is 7.31. The van der Waals surface area contributed by atoms with Crippen LogP contribution in [0.25, 0.3) is 63.9 Å². The molecule has 0 saturated heterocycles. The molecule has 5 aromatic heterocycles. The van der Waals surface area contributed by atoms with Crippen molar-refractivity contribution in [2.75, 3.05) is 11.9 Å². The molecule has 46 heavy (non-hydrogen) atoms. The van der Waals surface area contributed by atoms with Gasteiger partial charge in [0.2, 0.25) is 11.4 Å². The summed E-state index contributed by atoms with van der Waals surface area (Å²) in [5.41, 5.74) is 18.2. The molecule has 0 fully saturated rings. The van der Waals surface area contributed by atoms with E-state index in [1.807, 2.05) is 18.5 Å². The lowest BCUT2D eigenvalue weighted by Gasteiger charge is -2.27. The van der Waals surface area contributed by atoms with Crippen molar-refractivity contribution >= 4 is 47.2 Å². The van der Waals surface area contributed by atoms with Crippen molar-refractivity contribution in [2.45, 2.75) is 39.8 Å². The molecule has 3 N–H and O–H groups in total. The number of H-pyrrole nitrogens is 2. The SMILES string of the molecule is Cc1c(C)c2c(c3c1CC[n+]1ccc(/C=C/c4c[nH]c5c4C=CCN5)cc1-3)-c1cc(/C=C/c3c[nH]c4ncccc34)cc[n+]1CC2. The van der Waals surface area contributed by atoms with E-state index in [4.69, 9.17) is 0 Å². The molecule has 0 atom stereocenters. The van der Waals surface area contributed by atoms with Gasteiger partial charge in [0.15, 0.2) is 25.5 Å². The highest BCUT2D eigenvalue weighted by Gasteiger charge is 2.36. The number of nitrogens with one attached hydrogen (secondary N) is 3. The molecular weight excluding hydrogens is 564 g/mol. The standard InChI is InChI=1S/C40H34N6/c1-25-26(2)32-14-20-46-18-12-28(8-10-30-24-44-40-34(30)6-4-16-42-40)22-36(46)38(32)37-31(25)13-19-45-17-11-27(21-35(37)45)7-9-29-23-43-39-33(29)5-3-15-41-39/h3-12,15,17-18,21-24H,13-14,16,19-20H2,1-2H3,(H,41,42,43)/p+2. The van der Waals surface area contributed by atoms with Crippen molar-refractivity contribution in [1.29, 1.82) is 0 Å². The lowest BCUT2D eigenvalue weighted by molar-refractivity contribution is -0.689. The first-order valence-corrected chi connectivity index (χ1v) is 16.2. The van der Waals surface area contributed by atoms with Gasteiger partial charge >= 0.3 is 0 Å². The molecule has 0 aliphatic carbocycles. The first kappa shape index (κ1) is 26.9. The highest BCUT2D eigenvalue weighted by molar-refractivity contribution is 5.91. The third-order valence-electron chi connectivity index (χ3n) is 10.2. The molecule has 0 radical (unpaired) electrons. The van der Waals surface area contributed by atoms with E-state index < -0.39 is 0 Å². The van der Waals surface area contributed by atoms with Gasteiger partial charge in [0, 0.05) is 84.3 Å². The normalized spacial score (nSPS) is 14.7. The summed E-state index contributed by atoms with van der Waals surface area (Å²) in [5.74, 6) is 1.10. The third-order valence-corrected chi connectivity index (χ3v) is 10.2. The maximum Gasteiger partial charge on any atom is 0.214 e. The van der Waals surface area contributed by atoms with E-state index in [1.54, 1.807) is 0 Å². The topological polar surface area (TPSA) is 64.3 Å². The smallest absolute Gasteiger partial charge is 0.214 e. The summed E-state index contributed by atoms with van der Waals surface area (Å²) in [5, 5.41) is 4.55. The molecule has 9 rings (SSSR count). The average Bonchev–Trinajstić information content (AvgIpc) is 3.72. The number of anilines is 1. The molecule has 6 aromatic rings. The number of aromatic nitrogens is 5. The van der Waals surface area contributed by atoms with Crippen LogP contribution in [0, 0.1) is 13.8 Å². The number of nitrogens with zero attached hydrogens (tertiary/aromatic N) is 3. The predicted molar refractivity (Wildman–Crippen MR) is 187 cm³/mol. The van der Waals surface area contributed by atoms with Crippen LogP contribution in [0.3, 0.4) is 0 Å². The van der Waals surface area contributed by atoms with Gasteiger partial charge in [-0.15, -0.1) is 0 Å². The highest BCUT2D eigenvalue weighted by atomic mass is 15.0. The van der Waals surface area contributed by atoms with Crippen molar-refractivity contribution in [3.05, 3.63) is 124 Å². The second kappa shape index (κ2) is 10.6. The zero-order valence-electron chi connectivity index (χ0n) is 26.2. The minimum absolute atomic E-state index is 0.863. The third kappa shape index (κ3) is 4.28. The van der Waals surface area contributed by atoms with Crippen molar-refractivity contribution in [3.8, 4) is 22.5 Å². The van der Waals surface area contributed by atoms with Crippen LogP contribution in [0.2, 0.25) is 0 Å². The largest absolute Gasteiger partial charge is 0.368 e. The lowest BCUT2D eigenvalue weighted by Crippen LogP contribution is -2.43. The fourth-order valence-corrected chi connectivity index (χ4v) is 7.64. The Balaban J connectivity index is 1.16. The summed E-state index contributed by atoms with van der Waals surface area (Å²) in [6, 6.07) is 13.4. The van der Waals surface area contributed by atoms with E-state index in [2.05, 4.69) is 129 Å². The molecule has 6 nitrogen and oxygen atoms in total. The molecule has 0 unspecified atom stereocenters. The minimum atomic E-state index is 0.863. The maximum absolute atomic E-state index is 4.46. The molecule has 224 valence electrons. The Hall–Kier alpha value is -5.49. The number of hydrogen-bond acceptors (Lipinski definition) is 2. The quantitative estimate of drug-likeness (QED) is 0.186. The molecule has 0 amide bonds. The molecule has 6 heteroatoms. The van der Waals surface area contributed by atoms with E-state index in [0.29, 0.717) is 0 Å². The van der Waals surface area contributed by atoms with Gasteiger partial charge in [-0.05, 0) is 59.4 Å². The fraction of sp³-hybridized carbons (Fsp3) is 0.175. The molecule has 0 bridgehead atoms. The summed E-state index contributed by atoms with van der Waals surface area (Å²) in [6.45, 7) is 7.52.